The first kappa shape index (κ1) is 11.6. The number of rotatable bonds is 3. The van der Waals surface area contributed by atoms with Gasteiger partial charge in [0.1, 0.15) is 0 Å². The van der Waals surface area contributed by atoms with E-state index in [2.05, 4.69) is 0 Å². The molecule has 3 saturated carbocycles. The van der Waals surface area contributed by atoms with Crippen LogP contribution >= 0.6 is 0 Å². The number of halogens is 2. The van der Waals surface area contributed by atoms with Gasteiger partial charge in [0.25, 0.3) is 5.92 Å². The van der Waals surface area contributed by atoms with E-state index >= 15 is 0 Å². The van der Waals surface area contributed by atoms with Gasteiger partial charge in [-0.05, 0) is 18.4 Å². The summed E-state index contributed by atoms with van der Waals surface area (Å²) in [7, 11) is 0. The van der Waals surface area contributed by atoms with Crippen molar-refractivity contribution in [2.75, 3.05) is 0 Å². The summed E-state index contributed by atoms with van der Waals surface area (Å²) in [6.45, 7) is 1.39. The predicted molar refractivity (Wildman–Crippen MR) is 61.5 cm³/mol. The fourth-order valence-electron chi connectivity index (χ4n) is 3.69. The van der Waals surface area contributed by atoms with E-state index in [1.807, 2.05) is 0 Å². The van der Waals surface area contributed by atoms with Crippen LogP contribution in [-0.2, 0) is 10.2 Å². The maximum atomic E-state index is 14.3. The Morgan fingerprint density at radius 2 is 1.83 bits per heavy atom. The molecule has 0 spiro atoms. The minimum atomic E-state index is -2.90. The highest BCUT2D eigenvalue weighted by atomic mass is 19.3. The van der Waals surface area contributed by atoms with Crippen molar-refractivity contribution in [3.8, 4) is 0 Å². The molecule has 4 rings (SSSR count). The molecule has 3 aliphatic carbocycles. The lowest BCUT2D eigenvalue weighted by Crippen LogP contribution is -2.83. The lowest BCUT2D eigenvalue weighted by Gasteiger charge is -2.76. The molecule has 1 unspecified atom stereocenters. The van der Waals surface area contributed by atoms with Gasteiger partial charge < -0.3 is 5.11 Å². The van der Waals surface area contributed by atoms with Gasteiger partial charge in [0.2, 0.25) is 0 Å². The topological polar surface area (TPSA) is 37.3 Å². The van der Waals surface area contributed by atoms with E-state index in [-0.39, 0.29) is 12.8 Å². The van der Waals surface area contributed by atoms with E-state index < -0.39 is 28.6 Å². The summed E-state index contributed by atoms with van der Waals surface area (Å²) in [6.07, 6.45) is 0.564. The van der Waals surface area contributed by atoms with Crippen molar-refractivity contribution < 1.29 is 18.7 Å². The summed E-state index contributed by atoms with van der Waals surface area (Å²) in [4.78, 5) is 11.0. The van der Waals surface area contributed by atoms with Crippen LogP contribution < -0.4 is 0 Å². The molecular weight excluding hydrogens is 238 g/mol. The number of carbonyl (C=O) groups is 1. The molecule has 0 saturated heterocycles. The number of carboxylic acids is 1. The normalized spacial score (nSPS) is 37.3. The van der Waals surface area contributed by atoms with Crippen LogP contribution in [0.1, 0.15) is 25.3 Å². The van der Waals surface area contributed by atoms with Gasteiger partial charge in [0.15, 0.2) is 0 Å². The molecule has 18 heavy (non-hydrogen) atoms. The van der Waals surface area contributed by atoms with Gasteiger partial charge in [-0.2, -0.15) is 0 Å². The van der Waals surface area contributed by atoms with Crippen LogP contribution in [0, 0.1) is 11.3 Å². The summed E-state index contributed by atoms with van der Waals surface area (Å²) in [5.41, 5.74) is -1.80. The summed E-state index contributed by atoms with van der Waals surface area (Å²) in [5, 5.41) is 8.96. The molecule has 0 amide bonds. The van der Waals surface area contributed by atoms with Gasteiger partial charge in [-0.1, -0.05) is 37.3 Å². The second kappa shape index (κ2) is 3.11. The fourth-order valence-corrected chi connectivity index (χ4v) is 3.69. The van der Waals surface area contributed by atoms with Crippen molar-refractivity contribution in [3.63, 3.8) is 0 Å². The predicted octanol–water partition coefficient (Wildman–Crippen LogP) is 3.07. The smallest absolute Gasteiger partial charge is 0.307 e. The zero-order chi connectivity index (χ0) is 13.2. The molecule has 1 atom stereocenters. The second-order valence-corrected chi connectivity index (χ2v) is 5.59. The molecule has 1 aromatic rings. The van der Waals surface area contributed by atoms with Crippen molar-refractivity contribution in [2.45, 2.75) is 31.1 Å². The van der Waals surface area contributed by atoms with Gasteiger partial charge in [-0.15, -0.1) is 0 Å². The maximum Gasteiger partial charge on any atom is 0.307 e. The number of hydrogen-bond donors (Lipinski definition) is 1. The second-order valence-electron chi connectivity index (χ2n) is 5.59. The SMILES string of the molecule is CC(C(=O)O)C12CC(c3ccccc3)(C1)C2(F)F. The molecule has 0 heterocycles. The third-order valence-corrected chi connectivity index (χ3v) is 4.99. The van der Waals surface area contributed by atoms with E-state index in [1.165, 1.54) is 6.92 Å². The van der Waals surface area contributed by atoms with Crippen molar-refractivity contribution in [1.29, 1.82) is 0 Å². The minimum absolute atomic E-state index is 0.282. The van der Waals surface area contributed by atoms with Crippen LogP contribution in [0.2, 0.25) is 0 Å². The maximum absolute atomic E-state index is 14.3. The Morgan fingerprint density at radius 3 is 2.28 bits per heavy atom. The highest BCUT2D eigenvalue weighted by molar-refractivity contribution is 5.73. The molecule has 0 aromatic heterocycles. The molecule has 2 nitrogen and oxygen atoms in total. The molecule has 4 heteroatoms. The van der Waals surface area contributed by atoms with Crippen LogP contribution in [0.4, 0.5) is 8.78 Å². The molecule has 3 aliphatic rings. The van der Waals surface area contributed by atoms with Crippen molar-refractivity contribution in [2.24, 2.45) is 11.3 Å². The van der Waals surface area contributed by atoms with E-state index in [0.717, 1.165) is 0 Å². The number of hydrogen-bond acceptors (Lipinski definition) is 1. The molecular formula is C14H14F2O2. The average Bonchev–Trinajstić information content (AvgIpc) is 2.28. The van der Waals surface area contributed by atoms with Gasteiger partial charge in [-0.3, -0.25) is 4.79 Å². The number of aliphatic carboxylic acids is 1. The Labute approximate surface area is 104 Å². The Morgan fingerprint density at radius 1 is 1.28 bits per heavy atom. The van der Waals surface area contributed by atoms with Crippen LogP contribution in [0.3, 0.4) is 0 Å². The van der Waals surface area contributed by atoms with Gasteiger partial charge in [0.05, 0.1) is 16.7 Å². The molecule has 1 N–H and O–H groups in total. The Bertz CT molecular complexity index is 504. The molecule has 0 radical (unpaired) electrons. The molecule has 3 fully saturated rings. The summed E-state index contributed by atoms with van der Waals surface area (Å²) >= 11 is 0. The largest absolute Gasteiger partial charge is 0.481 e. The van der Waals surface area contributed by atoms with Crippen LogP contribution in [0.25, 0.3) is 0 Å². The van der Waals surface area contributed by atoms with Crippen LogP contribution in [0.15, 0.2) is 30.3 Å². The summed E-state index contributed by atoms with van der Waals surface area (Å²) < 4.78 is 28.6. The van der Waals surface area contributed by atoms with E-state index in [4.69, 9.17) is 5.11 Å². The van der Waals surface area contributed by atoms with E-state index in [9.17, 15) is 13.6 Å². The first-order chi connectivity index (χ1) is 8.37. The zero-order valence-corrected chi connectivity index (χ0v) is 9.99. The lowest BCUT2D eigenvalue weighted by molar-refractivity contribution is -0.385. The minimum Gasteiger partial charge on any atom is -0.481 e. The van der Waals surface area contributed by atoms with Crippen LogP contribution in [0.5, 0.6) is 0 Å². The Kier molecular flexibility index (Phi) is 2.01. The highest BCUT2D eigenvalue weighted by Gasteiger charge is 2.90. The quantitative estimate of drug-likeness (QED) is 0.897. The third-order valence-electron chi connectivity index (χ3n) is 4.99. The Hall–Kier alpha value is -1.45. The molecule has 96 valence electrons. The number of carboxylic acid groups (broad SMARTS) is 1. The third kappa shape index (κ3) is 0.967. The molecule has 2 bridgehead atoms. The fraction of sp³-hybridized carbons (Fsp3) is 0.500. The van der Waals surface area contributed by atoms with Crippen LogP contribution in [-0.4, -0.2) is 17.0 Å². The van der Waals surface area contributed by atoms with Crippen molar-refractivity contribution in [3.05, 3.63) is 35.9 Å². The standard InChI is InChI=1S/C14H14F2O2/c1-9(11(17)18)12-7-13(8-12,14(12,15)16)10-5-3-2-4-6-10/h2-6,9H,7-8H2,1H3,(H,17,18). The Balaban J connectivity index is 1.94. The molecule has 0 aliphatic heterocycles. The number of alkyl halides is 2. The van der Waals surface area contributed by atoms with Gasteiger partial charge in [-0.25, -0.2) is 8.78 Å². The first-order valence-electron chi connectivity index (χ1n) is 6.04. The number of benzene rings is 1. The monoisotopic (exact) mass is 252 g/mol. The zero-order valence-electron chi connectivity index (χ0n) is 9.99. The summed E-state index contributed by atoms with van der Waals surface area (Å²) in [6, 6.07) is 8.71. The van der Waals surface area contributed by atoms with Gasteiger partial charge in [0, 0.05) is 0 Å². The van der Waals surface area contributed by atoms with E-state index in [1.54, 1.807) is 30.3 Å². The van der Waals surface area contributed by atoms with Gasteiger partial charge >= 0.3 is 5.97 Å². The molecule has 1 aromatic carbocycles. The average molecular weight is 252 g/mol. The van der Waals surface area contributed by atoms with Crippen molar-refractivity contribution >= 4 is 5.97 Å². The first-order valence-corrected chi connectivity index (χ1v) is 6.04. The summed E-state index contributed by atoms with van der Waals surface area (Å²) in [5.74, 6) is -5.02. The van der Waals surface area contributed by atoms with Crippen molar-refractivity contribution in [1.82, 2.24) is 0 Å². The highest BCUT2D eigenvalue weighted by Crippen LogP contribution is 2.83. The van der Waals surface area contributed by atoms with E-state index in [0.29, 0.717) is 5.56 Å². The lowest BCUT2D eigenvalue weighted by atomic mass is 9.28.